The van der Waals surface area contributed by atoms with E-state index in [1.54, 1.807) is 55.0 Å². The summed E-state index contributed by atoms with van der Waals surface area (Å²) in [6.07, 6.45) is 1.25. The number of hydrogen-bond donors (Lipinski definition) is 3. The number of carbonyl (C=O) groups excluding carboxylic acids is 1. The van der Waals surface area contributed by atoms with Crippen molar-refractivity contribution in [3.8, 4) is 39.4 Å². The molecule has 1 unspecified atom stereocenters. The highest BCUT2D eigenvalue weighted by Crippen LogP contribution is 2.43. The lowest BCUT2D eigenvalue weighted by Crippen LogP contribution is -2.59. The molecule has 2 amide bonds. The maximum atomic E-state index is 15.8. The molecule has 2 aliphatic rings. The average molecular weight is 765 g/mol. The van der Waals surface area contributed by atoms with Crippen molar-refractivity contribution in [1.82, 2.24) is 34.3 Å². The molecule has 3 N–H and O–H groups in total. The fourth-order valence-corrected chi connectivity index (χ4v) is 7.70. The van der Waals surface area contributed by atoms with Gasteiger partial charge in [0.05, 0.1) is 47.1 Å². The number of methoxy groups -OCH3 is 1. The van der Waals surface area contributed by atoms with Crippen LogP contribution in [0.4, 0.5) is 9.18 Å². The Morgan fingerprint density at radius 1 is 1.09 bits per heavy atom. The molecule has 0 saturated carbocycles. The van der Waals surface area contributed by atoms with Gasteiger partial charge >= 0.3 is 6.09 Å². The third-order valence-corrected chi connectivity index (χ3v) is 10.5. The zero-order chi connectivity index (χ0) is 37.8. The van der Waals surface area contributed by atoms with Crippen LogP contribution < -0.4 is 15.6 Å². The lowest BCUT2D eigenvalue weighted by atomic mass is 9.97. The fraction of sp³-hybridized carbons (Fsp3) is 0.324. The van der Waals surface area contributed by atoms with Crippen LogP contribution in [-0.2, 0) is 24.9 Å². The molecule has 2 fully saturated rings. The number of nitrogens with one attached hydrogen (secondary N) is 1. The number of aromatic nitrogens is 4. The summed E-state index contributed by atoms with van der Waals surface area (Å²) < 4.78 is 24.3. The highest BCUT2D eigenvalue weighted by molar-refractivity contribution is 6.39. The SMILES string of the molecule is COc1nc(-c2cccc(-c3cccc(-c4cc5c(=O)n(C)c(CN6CC(C)(O)C6)nn5c4)c3Cl)c2Cl)cc(F)c1CN(CC1CCC(=O)N1)C(=O)O. The highest BCUT2D eigenvalue weighted by Gasteiger charge is 2.37. The quantitative estimate of drug-likeness (QED) is 0.174. The van der Waals surface area contributed by atoms with Gasteiger partial charge < -0.3 is 25.2 Å². The molecule has 1 atom stereocenters. The Morgan fingerprint density at radius 3 is 2.38 bits per heavy atom. The molecule has 2 aromatic carbocycles. The highest BCUT2D eigenvalue weighted by atomic mass is 35.5. The van der Waals surface area contributed by atoms with E-state index in [2.05, 4.69) is 10.3 Å². The van der Waals surface area contributed by atoms with E-state index in [0.717, 1.165) is 4.90 Å². The van der Waals surface area contributed by atoms with Gasteiger partial charge in [0.1, 0.15) is 17.2 Å². The Balaban J connectivity index is 1.19. The third kappa shape index (κ3) is 7.07. The van der Waals surface area contributed by atoms with Crippen molar-refractivity contribution in [1.29, 1.82) is 0 Å². The monoisotopic (exact) mass is 763 g/mol. The van der Waals surface area contributed by atoms with Gasteiger partial charge in [-0.15, -0.1) is 0 Å². The number of amides is 2. The first-order valence-corrected chi connectivity index (χ1v) is 17.6. The number of β-amino-alcohol motifs (C(OH)–C–C–N with tert-alkyl or cyclic N) is 1. The number of aliphatic hydroxyl groups is 1. The second kappa shape index (κ2) is 14.1. The van der Waals surface area contributed by atoms with E-state index in [1.807, 2.05) is 17.0 Å². The zero-order valence-electron chi connectivity index (χ0n) is 29.1. The summed E-state index contributed by atoms with van der Waals surface area (Å²) in [5.74, 6) is -0.453. The Labute approximate surface area is 313 Å². The van der Waals surface area contributed by atoms with Gasteiger partial charge in [-0.3, -0.25) is 19.1 Å². The molecule has 276 valence electrons. The molecule has 2 saturated heterocycles. The molecule has 16 heteroatoms. The summed E-state index contributed by atoms with van der Waals surface area (Å²) in [7, 11) is 2.99. The lowest BCUT2D eigenvalue weighted by Gasteiger charge is -2.44. The van der Waals surface area contributed by atoms with Crippen molar-refractivity contribution in [2.45, 2.75) is 44.5 Å². The van der Waals surface area contributed by atoms with Crippen LogP contribution in [0.2, 0.25) is 10.0 Å². The van der Waals surface area contributed by atoms with Gasteiger partial charge in [-0.25, -0.2) is 18.7 Å². The first-order valence-electron chi connectivity index (χ1n) is 16.8. The molecule has 3 aromatic heterocycles. The van der Waals surface area contributed by atoms with E-state index < -0.39 is 17.5 Å². The Morgan fingerprint density at radius 2 is 1.75 bits per heavy atom. The second-order valence-corrected chi connectivity index (χ2v) is 14.5. The number of halogens is 3. The Kier molecular flexibility index (Phi) is 9.66. The molecule has 5 heterocycles. The Bertz CT molecular complexity index is 2340. The van der Waals surface area contributed by atoms with Crippen LogP contribution in [-0.4, -0.2) is 89.6 Å². The molecule has 0 bridgehead atoms. The van der Waals surface area contributed by atoms with Gasteiger partial charge in [-0.1, -0.05) is 59.6 Å². The van der Waals surface area contributed by atoms with Gasteiger partial charge in [0, 0.05) is 79.2 Å². The smallest absolute Gasteiger partial charge is 0.407 e. The predicted molar refractivity (Wildman–Crippen MR) is 197 cm³/mol. The second-order valence-electron chi connectivity index (χ2n) is 13.8. The van der Waals surface area contributed by atoms with E-state index in [1.165, 1.54) is 17.7 Å². The van der Waals surface area contributed by atoms with E-state index in [4.69, 9.17) is 33.0 Å². The van der Waals surface area contributed by atoms with Gasteiger partial charge in [0.15, 0.2) is 0 Å². The minimum atomic E-state index is -1.28. The molecule has 0 spiro atoms. The third-order valence-electron chi connectivity index (χ3n) is 9.67. The van der Waals surface area contributed by atoms with Crippen LogP contribution in [0.25, 0.3) is 39.0 Å². The minimum Gasteiger partial charge on any atom is -0.481 e. The summed E-state index contributed by atoms with van der Waals surface area (Å²) >= 11 is 14.1. The Hall–Kier alpha value is -5.02. The molecule has 5 aromatic rings. The van der Waals surface area contributed by atoms with Crippen molar-refractivity contribution >= 4 is 40.7 Å². The van der Waals surface area contributed by atoms with Crippen LogP contribution in [0.3, 0.4) is 0 Å². The van der Waals surface area contributed by atoms with Gasteiger partial charge in [0.2, 0.25) is 11.8 Å². The largest absolute Gasteiger partial charge is 0.481 e. The van der Waals surface area contributed by atoms with Crippen molar-refractivity contribution in [2.24, 2.45) is 7.05 Å². The standard InChI is InChI=1S/C37H36Cl2FN7O6/c1-37(52)18-45(19-37)17-30-43-47-14-20(12-29(47)35(49)44(30)2)22-6-4-7-23(32(22)38)24-8-5-9-25(33(24)39)28-13-27(40)26(34(42-28)53-3)16-46(36(50)51)15-21-10-11-31(48)41-21/h4-9,12-14,21,52H,10-11,15-19H2,1-3H3,(H,41,48)(H,50,51). The first-order chi connectivity index (χ1) is 25.2. The van der Waals surface area contributed by atoms with Crippen molar-refractivity contribution < 1.29 is 28.9 Å². The number of rotatable bonds is 10. The number of carboxylic acid groups (broad SMARTS) is 1. The van der Waals surface area contributed by atoms with Gasteiger partial charge in [-0.2, -0.15) is 5.10 Å². The molecule has 0 radical (unpaired) electrons. The molecule has 53 heavy (non-hydrogen) atoms. The zero-order valence-corrected chi connectivity index (χ0v) is 30.6. The number of likely N-dealkylation sites (tertiary alicyclic amines) is 1. The predicted octanol–water partition coefficient (Wildman–Crippen LogP) is 5.21. The van der Waals surface area contributed by atoms with Crippen LogP contribution in [0.1, 0.15) is 31.2 Å². The summed E-state index contributed by atoms with van der Waals surface area (Å²) in [6, 6.07) is 13.2. The fourth-order valence-electron chi connectivity index (χ4n) is 7.04. The lowest BCUT2D eigenvalue weighted by molar-refractivity contribution is -0.119. The summed E-state index contributed by atoms with van der Waals surface area (Å²) in [4.78, 5) is 44.6. The van der Waals surface area contributed by atoms with E-state index in [-0.39, 0.29) is 52.8 Å². The van der Waals surface area contributed by atoms with Gasteiger partial charge in [0.25, 0.3) is 5.56 Å². The number of benzene rings is 2. The van der Waals surface area contributed by atoms with E-state index >= 15 is 4.39 Å². The molecule has 2 aliphatic heterocycles. The number of pyridine rings is 1. The van der Waals surface area contributed by atoms with Crippen LogP contribution in [0, 0.1) is 5.82 Å². The summed E-state index contributed by atoms with van der Waals surface area (Å²) in [5.41, 5.74) is 2.29. The average Bonchev–Trinajstić information content (AvgIpc) is 3.72. The minimum absolute atomic E-state index is 0.0174. The first kappa shape index (κ1) is 36.3. The maximum Gasteiger partial charge on any atom is 0.407 e. The number of ether oxygens (including phenoxy) is 1. The summed E-state index contributed by atoms with van der Waals surface area (Å²) in [6.45, 7) is 2.79. The molecular weight excluding hydrogens is 728 g/mol. The molecule has 7 rings (SSSR count). The van der Waals surface area contributed by atoms with E-state index in [0.29, 0.717) is 76.7 Å². The van der Waals surface area contributed by atoms with Crippen molar-refractivity contribution in [2.75, 3.05) is 26.7 Å². The van der Waals surface area contributed by atoms with Crippen LogP contribution in [0.15, 0.2) is 59.5 Å². The molecule has 13 nitrogen and oxygen atoms in total. The normalized spacial score (nSPS) is 16.8. The van der Waals surface area contributed by atoms with Crippen molar-refractivity contribution in [3.63, 3.8) is 0 Å². The number of nitrogens with zero attached hydrogens (tertiary/aromatic N) is 6. The number of carbonyl (C=O) groups is 2. The maximum absolute atomic E-state index is 15.8. The van der Waals surface area contributed by atoms with E-state index in [9.17, 15) is 24.6 Å². The van der Waals surface area contributed by atoms with Crippen LogP contribution >= 0.6 is 23.2 Å². The molecule has 0 aliphatic carbocycles. The van der Waals surface area contributed by atoms with Gasteiger partial charge in [-0.05, 0) is 19.4 Å². The number of fused-ring (bicyclic) bond motifs is 1. The topological polar surface area (TPSA) is 155 Å². The van der Waals surface area contributed by atoms with Crippen molar-refractivity contribution in [3.05, 3.63) is 92.3 Å². The molecular formula is C37H36Cl2FN7O6. The van der Waals surface area contributed by atoms with Crippen LogP contribution in [0.5, 0.6) is 5.88 Å². The summed E-state index contributed by atoms with van der Waals surface area (Å²) in [5, 5.41) is 28.0. The number of hydrogen-bond acceptors (Lipinski definition) is 8.